The van der Waals surface area contributed by atoms with E-state index in [1.54, 1.807) is 0 Å². The summed E-state index contributed by atoms with van der Waals surface area (Å²) in [6.07, 6.45) is 13.5. The first kappa shape index (κ1) is 20.7. The average molecular weight is 455 g/mol. The highest BCUT2D eigenvalue weighted by Gasteiger charge is 2.30. The molecule has 0 spiro atoms. The molecular formula is C31H37N2O+. The lowest BCUT2D eigenvalue weighted by Crippen LogP contribution is -2.31. The maximum atomic E-state index is 9.48. The number of aryl methyl sites for hydroxylation is 3. The summed E-state index contributed by atoms with van der Waals surface area (Å²) in [6.45, 7) is 4.15. The number of furan rings is 1. The Labute approximate surface area is 204 Å². The number of pyridine rings is 2. The van der Waals surface area contributed by atoms with Gasteiger partial charge in [0.25, 0.3) is 0 Å². The van der Waals surface area contributed by atoms with E-state index in [4.69, 9.17) is 4.42 Å². The zero-order valence-corrected chi connectivity index (χ0v) is 20.9. The Morgan fingerprint density at radius 1 is 0.882 bits per heavy atom. The van der Waals surface area contributed by atoms with E-state index in [9.17, 15) is 1.37 Å². The van der Waals surface area contributed by atoms with Crippen molar-refractivity contribution in [1.29, 1.82) is 0 Å². The van der Waals surface area contributed by atoms with Crippen LogP contribution in [0.2, 0.25) is 0 Å². The molecule has 0 aliphatic heterocycles. The lowest BCUT2D eigenvalue weighted by atomic mass is 9.70. The Kier molecular flexibility index (Phi) is 5.37. The van der Waals surface area contributed by atoms with Crippen molar-refractivity contribution in [3.8, 4) is 11.3 Å². The summed E-state index contributed by atoms with van der Waals surface area (Å²) in [6, 6.07) is 12.9. The highest BCUT2D eigenvalue weighted by atomic mass is 16.3. The van der Waals surface area contributed by atoms with E-state index in [0.29, 0.717) is 5.71 Å². The molecule has 0 bridgehead atoms. The van der Waals surface area contributed by atoms with Crippen molar-refractivity contribution in [3.05, 3.63) is 59.4 Å². The van der Waals surface area contributed by atoms with Gasteiger partial charge < -0.3 is 4.42 Å². The van der Waals surface area contributed by atoms with Crippen LogP contribution in [0.1, 0.15) is 81.9 Å². The summed E-state index contributed by atoms with van der Waals surface area (Å²) in [5.74, 6) is 1.24. The number of benzene rings is 1. The van der Waals surface area contributed by atoms with Crippen LogP contribution in [0.4, 0.5) is 0 Å². The molecule has 3 heteroatoms. The monoisotopic (exact) mass is 454 g/mol. The van der Waals surface area contributed by atoms with E-state index >= 15 is 0 Å². The Balaban J connectivity index is 1.38. The van der Waals surface area contributed by atoms with Crippen LogP contribution < -0.4 is 4.57 Å². The first-order chi connectivity index (χ1) is 16.9. The molecule has 3 heterocycles. The maximum Gasteiger partial charge on any atom is 0.227 e. The Morgan fingerprint density at radius 3 is 2.41 bits per heavy atom. The second kappa shape index (κ2) is 8.83. The van der Waals surface area contributed by atoms with Gasteiger partial charge >= 0.3 is 0 Å². The van der Waals surface area contributed by atoms with Gasteiger partial charge in [0, 0.05) is 30.0 Å². The lowest BCUT2D eigenvalue weighted by molar-refractivity contribution is -0.660. The first-order valence-electron chi connectivity index (χ1n) is 13.7. The van der Waals surface area contributed by atoms with E-state index in [1.165, 1.54) is 50.5 Å². The van der Waals surface area contributed by atoms with Crippen molar-refractivity contribution >= 4 is 22.1 Å². The summed E-state index contributed by atoms with van der Waals surface area (Å²) in [7, 11) is 2.10. The maximum absolute atomic E-state index is 9.48. The summed E-state index contributed by atoms with van der Waals surface area (Å²) in [5.41, 5.74) is 7.11. The number of nitrogens with zero attached hydrogens (tertiary/aromatic N) is 2. The molecule has 0 radical (unpaired) electrons. The molecule has 0 N–H and O–H groups in total. The van der Waals surface area contributed by atoms with Gasteiger partial charge in [-0.3, -0.25) is 0 Å². The lowest BCUT2D eigenvalue weighted by Gasteiger charge is -2.36. The Morgan fingerprint density at radius 2 is 1.62 bits per heavy atom. The van der Waals surface area contributed by atoms with Gasteiger partial charge in [-0.15, -0.1) is 0 Å². The molecule has 2 fully saturated rings. The summed E-state index contributed by atoms with van der Waals surface area (Å²) < 4.78 is 18.0. The third-order valence-electron chi connectivity index (χ3n) is 8.62. The van der Waals surface area contributed by atoms with Gasteiger partial charge in [0.2, 0.25) is 11.4 Å². The van der Waals surface area contributed by atoms with Gasteiger partial charge in [0.15, 0.2) is 11.8 Å². The van der Waals surface area contributed by atoms with Gasteiger partial charge in [0.05, 0.1) is 5.56 Å². The first-order valence-corrected chi connectivity index (χ1v) is 13.2. The van der Waals surface area contributed by atoms with E-state index in [1.807, 2.05) is 13.0 Å². The predicted molar refractivity (Wildman–Crippen MR) is 139 cm³/mol. The van der Waals surface area contributed by atoms with Crippen LogP contribution in [0, 0.1) is 25.7 Å². The van der Waals surface area contributed by atoms with Gasteiger partial charge in [-0.1, -0.05) is 44.2 Å². The van der Waals surface area contributed by atoms with Crippen LogP contribution in [0.25, 0.3) is 33.3 Å². The minimum Gasteiger partial charge on any atom is -0.437 e. The van der Waals surface area contributed by atoms with Crippen molar-refractivity contribution in [3.63, 3.8) is 0 Å². The Bertz CT molecular complexity index is 1390. The van der Waals surface area contributed by atoms with Crippen molar-refractivity contribution in [1.82, 2.24) is 4.98 Å². The molecule has 2 aliphatic carbocycles. The van der Waals surface area contributed by atoms with Gasteiger partial charge in [-0.05, 0) is 80.5 Å². The van der Waals surface area contributed by atoms with Crippen LogP contribution in [-0.2, 0) is 7.05 Å². The van der Waals surface area contributed by atoms with Crippen LogP contribution >= 0.6 is 0 Å². The number of hydrogen-bond acceptors (Lipinski definition) is 2. The molecule has 0 saturated heterocycles. The third-order valence-corrected chi connectivity index (χ3v) is 8.62. The second-order valence-corrected chi connectivity index (χ2v) is 10.8. The zero-order chi connectivity index (χ0) is 24.2. The van der Waals surface area contributed by atoms with Crippen molar-refractivity contribution in [2.45, 2.75) is 77.5 Å². The van der Waals surface area contributed by atoms with Crippen LogP contribution in [-0.4, -0.2) is 4.98 Å². The minimum absolute atomic E-state index is 0.497. The number of fused-ring (bicyclic) bond motifs is 3. The molecule has 6 rings (SSSR count). The number of hydrogen-bond donors (Lipinski definition) is 0. The molecule has 0 atom stereocenters. The van der Waals surface area contributed by atoms with Crippen molar-refractivity contribution < 1.29 is 10.4 Å². The van der Waals surface area contributed by atoms with E-state index in [0.717, 1.165) is 63.5 Å². The van der Waals surface area contributed by atoms with Crippen molar-refractivity contribution in [2.24, 2.45) is 18.9 Å². The topological polar surface area (TPSA) is 29.9 Å². The normalized spacial score (nSPS) is 24.6. The molecule has 176 valence electrons. The predicted octanol–water partition coefficient (Wildman–Crippen LogP) is 7.94. The standard InChI is InChI=1S/C31H37N2O/c1-20-9-15-26-27-16-10-21(2)32-31(27)34-30(26)29(20)28-19-25(17-18-33(28)3)24-13-11-23(12-14-24)22-7-5-4-6-8-22/h9-10,15-19,22-24H,4-8,11-14H2,1-3H3/q+1/i24D. The highest BCUT2D eigenvalue weighted by molar-refractivity contribution is 6.08. The van der Waals surface area contributed by atoms with E-state index < -0.39 is 5.89 Å². The quantitative estimate of drug-likeness (QED) is 0.294. The van der Waals surface area contributed by atoms with Crippen LogP contribution in [0.15, 0.2) is 47.0 Å². The molecule has 3 aromatic heterocycles. The molecular weight excluding hydrogens is 416 g/mol. The Hall–Kier alpha value is -2.68. The fourth-order valence-corrected chi connectivity index (χ4v) is 6.62. The third kappa shape index (κ3) is 3.83. The molecule has 2 aliphatic rings. The van der Waals surface area contributed by atoms with Gasteiger partial charge in [0.1, 0.15) is 7.05 Å². The fraction of sp³-hybridized carbons (Fsp3) is 0.484. The second-order valence-electron chi connectivity index (χ2n) is 10.8. The highest BCUT2D eigenvalue weighted by Crippen LogP contribution is 2.44. The van der Waals surface area contributed by atoms with Gasteiger partial charge in [-0.2, -0.15) is 0 Å². The van der Waals surface area contributed by atoms with E-state index in [2.05, 4.69) is 60.1 Å². The zero-order valence-electron chi connectivity index (χ0n) is 21.9. The minimum atomic E-state index is -0.497. The smallest absolute Gasteiger partial charge is 0.227 e. The summed E-state index contributed by atoms with van der Waals surface area (Å²) >= 11 is 0. The number of rotatable bonds is 3. The molecule has 4 aromatic rings. The summed E-state index contributed by atoms with van der Waals surface area (Å²) in [4.78, 5) is 4.64. The van der Waals surface area contributed by atoms with E-state index in [-0.39, 0.29) is 0 Å². The van der Waals surface area contributed by atoms with Crippen LogP contribution in [0.3, 0.4) is 0 Å². The molecule has 2 saturated carbocycles. The molecule has 0 unspecified atom stereocenters. The molecule has 3 nitrogen and oxygen atoms in total. The summed E-state index contributed by atoms with van der Waals surface area (Å²) in [5, 5.41) is 2.16. The van der Waals surface area contributed by atoms with Crippen LogP contribution in [0.5, 0.6) is 0 Å². The molecule has 34 heavy (non-hydrogen) atoms. The molecule has 1 aromatic carbocycles. The van der Waals surface area contributed by atoms with Crippen molar-refractivity contribution in [2.75, 3.05) is 0 Å². The van der Waals surface area contributed by atoms with Gasteiger partial charge in [-0.25, -0.2) is 9.55 Å². The molecule has 0 amide bonds. The fourth-order valence-electron chi connectivity index (χ4n) is 6.62. The average Bonchev–Trinajstić information content (AvgIpc) is 3.23. The SMILES string of the molecule is [2H]C1(c2cc[n+](C)c(-c3c(C)ccc4c3oc3nc(C)ccc34)c2)CCC(C2CCCCC2)CC1. The largest absolute Gasteiger partial charge is 0.437 e. The number of aromatic nitrogens is 2.